The SMILES string of the molecule is COc1ccccc1OCCCn1cc(/C=C2\SC(=O)N(CCOc3ccccc3)C2=O)c2ccccc21. The number of aryl methyl sites for hydroxylation is 1. The predicted molar refractivity (Wildman–Crippen MR) is 150 cm³/mol. The van der Waals surface area contributed by atoms with Crippen molar-refractivity contribution in [1.82, 2.24) is 9.47 Å². The molecule has 1 fully saturated rings. The number of rotatable bonds is 11. The van der Waals surface area contributed by atoms with Gasteiger partial charge in [0.05, 0.1) is 25.2 Å². The number of carbonyl (C=O) groups excluding carboxylic acids is 2. The minimum absolute atomic E-state index is 0.199. The third-order valence-corrected chi connectivity index (χ3v) is 7.08. The van der Waals surface area contributed by atoms with Gasteiger partial charge in [0, 0.05) is 29.2 Å². The number of para-hydroxylation sites is 4. The van der Waals surface area contributed by atoms with E-state index in [9.17, 15) is 9.59 Å². The highest BCUT2D eigenvalue weighted by molar-refractivity contribution is 8.18. The average molecular weight is 529 g/mol. The first-order chi connectivity index (χ1) is 18.6. The second-order valence-corrected chi connectivity index (χ2v) is 9.64. The molecule has 2 heterocycles. The van der Waals surface area contributed by atoms with E-state index in [1.165, 1.54) is 4.90 Å². The second-order valence-electron chi connectivity index (χ2n) is 8.64. The summed E-state index contributed by atoms with van der Waals surface area (Å²) in [4.78, 5) is 27.3. The zero-order chi connectivity index (χ0) is 26.3. The summed E-state index contributed by atoms with van der Waals surface area (Å²) in [6, 6.07) is 25.0. The molecule has 8 heteroatoms. The van der Waals surface area contributed by atoms with Crippen LogP contribution in [0.15, 0.2) is 90.0 Å². The molecule has 0 radical (unpaired) electrons. The molecule has 7 nitrogen and oxygen atoms in total. The average Bonchev–Trinajstić information content (AvgIpc) is 3.43. The third-order valence-electron chi connectivity index (χ3n) is 6.18. The van der Waals surface area contributed by atoms with Gasteiger partial charge in [0.25, 0.3) is 11.1 Å². The van der Waals surface area contributed by atoms with Crippen molar-refractivity contribution >= 4 is 39.9 Å². The number of aromatic nitrogens is 1. The van der Waals surface area contributed by atoms with Gasteiger partial charge in [-0.3, -0.25) is 14.5 Å². The smallest absolute Gasteiger partial charge is 0.293 e. The van der Waals surface area contributed by atoms with Gasteiger partial charge in [-0.1, -0.05) is 48.5 Å². The number of thioether (sulfide) groups is 1. The van der Waals surface area contributed by atoms with Crippen LogP contribution >= 0.6 is 11.8 Å². The lowest BCUT2D eigenvalue weighted by atomic mass is 10.1. The van der Waals surface area contributed by atoms with Crippen LogP contribution in [0.3, 0.4) is 0 Å². The Labute approximate surface area is 225 Å². The van der Waals surface area contributed by atoms with E-state index in [1.54, 1.807) is 7.11 Å². The van der Waals surface area contributed by atoms with Gasteiger partial charge in [0.15, 0.2) is 11.5 Å². The van der Waals surface area contributed by atoms with Gasteiger partial charge in [0.1, 0.15) is 12.4 Å². The molecule has 0 unspecified atom stereocenters. The number of fused-ring (bicyclic) bond motifs is 1. The maximum atomic E-state index is 13.0. The van der Waals surface area contributed by atoms with E-state index in [1.807, 2.05) is 85.1 Å². The Bertz CT molecular complexity index is 1460. The molecule has 3 aromatic carbocycles. The molecule has 5 rings (SSSR count). The normalized spacial score (nSPS) is 14.4. The molecule has 0 bridgehead atoms. The van der Waals surface area contributed by atoms with E-state index >= 15 is 0 Å². The highest BCUT2D eigenvalue weighted by Gasteiger charge is 2.35. The summed E-state index contributed by atoms with van der Waals surface area (Å²) in [7, 11) is 1.63. The molecule has 4 aromatic rings. The summed E-state index contributed by atoms with van der Waals surface area (Å²) in [5.74, 6) is 1.84. The first kappa shape index (κ1) is 25.5. The van der Waals surface area contributed by atoms with Gasteiger partial charge in [-0.2, -0.15) is 0 Å². The molecule has 2 amide bonds. The monoisotopic (exact) mass is 528 g/mol. The van der Waals surface area contributed by atoms with Crippen LogP contribution in [-0.4, -0.2) is 47.5 Å². The number of nitrogens with zero attached hydrogens (tertiary/aromatic N) is 2. The van der Waals surface area contributed by atoms with E-state index in [4.69, 9.17) is 14.2 Å². The van der Waals surface area contributed by atoms with Crippen molar-refractivity contribution in [2.45, 2.75) is 13.0 Å². The van der Waals surface area contributed by atoms with Crippen LogP contribution in [0.4, 0.5) is 4.79 Å². The fourth-order valence-electron chi connectivity index (χ4n) is 4.34. The van der Waals surface area contributed by atoms with Gasteiger partial charge < -0.3 is 18.8 Å². The van der Waals surface area contributed by atoms with Crippen LogP contribution in [0.1, 0.15) is 12.0 Å². The summed E-state index contributed by atoms with van der Waals surface area (Å²) in [5, 5.41) is 0.743. The van der Waals surface area contributed by atoms with Crippen molar-refractivity contribution in [2.24, 2.45) is 0 Å². The molecule has 0 atom stereocenters. The van der Waals surface area contributed by atoms with E-state index in [-0.39, 0.29) is 24.3 Å². The number of methoxy groups -OCH3 is 1. The lowest BCUT2D eigenvalue weighted by Crippen LogP contribution is -2.32. The molecule has 1 aromatic heterocycles. The zero-order valence-corrected chi connectivity index (χ0v) is 21.9. The molecule has 0 saturated carbocycles. The van der Waals surface area contributed by atoms with Crippen LogP contribution in [-0.2, 0) is 11.3 Å². The Morgan fingerprint density at radius 3 is 2.37 bits per heavy atom. The largest absolute Gasteiger partial charge is 0.493 e. The van der Waals surface area contributed by atoms with Crippen molar-refractivity contribution in [1.29, 1.82) is 0 Å². The molecular weight excluding hydrogens is 500 g/mol. The lowest BCUT2D eigenvalue weighted by Gasteiger charge is -2.13. The minimum atomic E-state index is -0.293. The predicted octanol–water partition coefficient (Wildman–Crippen LogP) is 6.23. The molecule has 38 heavy (non-hydrogen) atoms. The van der Waals surface area contributed by atoms with Crippen LogP contribution < -0.4 is 14.2 Å². The fraction of sp³-hybridized carbons (Fsp3) is 0.200. The number of benzene rings is 3. The Kier molecular flexibility index (Phi) is 7.99. The second kappa shape index (κ2) is 11.9. The maximum Gasteiger partial charge on any atom is 0.293 e. The van der Waals surface area contributed by atoms with E-state index in [0.29, 0.717) is 23.0 Å². The van der Waals surface area contributed by atoms with Gasteiger partial charge in [-0.05, 0) is 54.6 Å². The molecule has 0 aliphatic carbocycles. The summed E-state index contributed by atoms with van der Waals surface area (Å²) in [5.41, 5.74) is 1.96. The van der Waals surface area contributed by atoms with E-state index in [2.05, 4.69) is 10.6 Å². The Balaban J connectivity index is 1.25. The molecule has 0 spiro atoms. The Morgan fingerprint density at radius 2 is 1.55 bits per heavy atom. The minimum Gasteiger partial charge on any atom is -0.493 e. The number of ether oxygens (including phenoxy) is 3. The summed E-state index contributed by atoms with van der Waals surface area (Å²) in [6.45, 7) is 1.71. The summed E-state index contributed by atoms with van der Waals surface area (Å²) in [6.07, 6.45) is 4.63. The van der Waals surface area contributed by atoms with Gasteiger partial charge in [0.2, 0.25) is 0 Å². The third kappa shape index (κ3) is 5.70. The topological polar surface area (TPSA) is 70.0 Å². The van der Waals surface area contributed by atoms with Crippen molar-refractivity contribution in [3.05, 3.63) is 95.5 Å². The number of imide groups is 1. The van der Waals surface area contributed by atoms with E-state index < -0.39 is 0 Å². The Morgan fingerprint density at radius 1 is 0.816 bits per heavy atom. The molecule has 194 valence electrons. The molecule has 0 N–H and O–H groups in total. The first-order valence-corrected chi connectivity index (χ1v) is 13.2. The molecule has 1 aliphatic rings. The maximum absolute atomic E-state index is 13.0. The number of amides is 2. The highest BCUT2D eigenvalue weighted by Crippen LogP contribution is 2.34. The molecular formula is C30H28N2O5S. The Hall–Kier alpha value is -4.17. The number of hydrogen-bond donors (Lipinski definition) is 0. The fourth-order valence-corrected chi connectivity index (χ4v) is 5.19. The molecule has 1 aliphatic heterocycles. The standard InChI is InChI=1S/C30H28N2O5S/c1-35-26-14-7-8-15-27(26)37-18-9-16-31-21-22(24-12-5-6-13-25(24)31)20-28-29(33)32(30(34)38-28)17-19-36-23-10-3-2-4-11-23/h2-8,10-15,20-21H,9,16-19H2,1H3/b28-20-. The van der Waals surface area contributed by atoms with Crippen molar-refractivity contribution < 1.29 is 23.8 Å². The van der Waals surface area contributed by atoms with Crippen molar-refractivity contribution in [3.63, 3.8) is 0 Å². The number of carbonyl (C=O) groups is 2. The van der Waals surface area contributed by atoms with Crippen molar-refractivity contribution in [2.75, 3.05) is 26.9 Å². The van der Waals surface area contributed by atoms with Crippen LogP contribution in [0.25, 0.3) is 17.0 Å². The van der Waals surface area contributed by atoms with E-state index in [0.717, 1.165) is 46.9 Å². The lowest BCUT2D eigenvalue weighted by molar-refractivity contribution is -0.123. The quantitative estimate of drug-likeness (QED) is 0.170. The van der Waals surface area contributed by atoms with Crippen LogP contribution in [0.5, 0.6) is 17.2 Å². The van der Waals surface area contributed by atoms with Gasteiger partial charge in [-0.25, -0.2) is 0 Å². The zero-order valence-electron chi connectivity index (χ0n) is 21.0. The summed E-state index contributed by atoms with van der Waals surface area (Å²) >= 11 is 0.965. The van der Waals surface area contributed by atoms with Gasteiger partial charge >= 0.3 is 0 Å². The summed E-state index contributed by atoms with van der Waals surface area (Å²) < 4.78 is 19.1. The molecule has 1 saturated heterocycles. The van der Waals surface area contributed by atoms with Crippen LogP contribution in [0.2, 0.25) is 0 Å². The number of hydrogen-bond acceptors (Lipinski definition) is 6. The highest BCUT2D eigenvalue weighted by atomic mass is 32.2. The van der Waals surface area contributed by atoms with Crippen LogP contribution in [0, 0.1) is 0 Å². The van der Waals surface area contributed by atoms with Crippen molar-refractivity contribution in [3.8, 4) is 17.2 Å². The van der Waals surface area contributed by atoms with Gasteiger partial charge in [-0.15, -0.1) is 0 Å². The first-order valence-electron chi connectivity index (χ1n) is 12.4.